The third-order valence-electron chi connectivity index (χ3n) is 4.60. The number of nitrogens with one attached hydrogen (secondary N) is 1. The number of carbonyl (C=O) groups excluding carboxylic acids is 1. The minimum absolute atomic E-state index is 0.0750. The van der Waals surface area contributed by atoms with E-state index in [2.05, 4.69) is 20.3 Å². The van der Waals surface area contributed by atoms with Crippen LogP contribution < -0.4 is 5.32 Å². The zero-order chi connectivity index (χ0) is 17.6. The number of pyridine rings is 1. The first-order chi connectivity index (χ1) is 12.1. The van der Waals surface area contributed by atoms with Crippen LogP contribution in [-0.4, -0.2) is 45.4 Å². The fourth-order valence-corrected chi connectivity index (χ4v) is 3.17. The number of aromatic nitrogens is 3. The van der Waals surface area contributed by atoms with Crippen LogP contribution in [0.1, 0.15) is 47.6 Å². The molecule has 1 aliphatic rings. The zero-order valence-corrected chi connectivity index (χ0v) is 14.9. The maximum Gasteiger partial charge on any atom is 0.272 e. The van der Waals surface area contributed by atoms with Gasteiger partial charge in [-0.3, -0.25) is 9.78 Å². The quantitative estimate of drug-likeness (QED) is 0.876. The Kier molecular flexibility index (Phi) is 5.58. The summed E-state index contributed by atoms with van der Waals surface area (Å²) in [5.74, 6) is 1.30. The van der Waals surface area contributed by atoms with Crippen molar-refractivity contribution < 1.29 is 4.79 Å². The molecule has 0 radical (unpaired) electrons. The average Bonchev–Trinajstić information content (AvgIpc) is 3.12. The molecule has 1 saturated carbocycles. The molecule has 0 spiro atoms. The molecule has 6 nitrogen and oxygen atoms in total. The van der Waals surface area contributed by atoms with E-state index in [1.54, 1.807) is 23.4 Å². The number of nitrogens with zero attached hydrogens (tertiary/aromatic N) is 4. The largest absolute Gasteiger partial charge is 0.367 e. The Morgan fingerprint density at radius 3 is 2.68 bits per heavy atom. The first kappa shape index (κ1) is 17.3. The molecule has 2 heterocycles. The standard InChI is InChI=1S/C19H25N5O/c1-14-21-17(13-18(22-14)23-16-5-3-4-6-16)19(25)24(2)12-9-15-7-10-20-11-8-15/h7-8,10-11,13,16H,3-6,9,12H2,1-2H3,(H,21,22,23). The summed E-state index contributed by atoms with van der Waals surface area (Å²) in [5, 5.41) is 3.44. The van der Waals surface area contributed by atoms with Crippen molar-refractivity contribution in [2.45, 2.75) is 45.1 Å². The van der Waals surface area contributed by atoms with Gasteiger partial charge in [0, 0.05) is 38.1 Å². The molecule has 132 valence electrons. The summed E-state index contributed by atoms with van der Waals surface area (Å²) in [4.78, 5) is 27.2. The van der Waals surface area contributed by atoms with E-state index < -0.39 is 0 Å². The summed E-state index contributed by atoms with van der Waals surface area (Å²) in [5.41, 5.74) is 1.61. The van der Waals surface area contributed by atoms with Crippen molar-refractivity contribution in [3.05, 3.63) is 47.7 Å². The first-order valence-electron chi connectivity index (χ1n) is 8.88. The summed E-state index contributed by atoms with van der Waals surface area (Å²) < 4.78 is 0. The third kappa shape index (κ3) is 4.75. The van der Waals surface area contributed by atoms with E-state index in [-0.39, 0.29) is 5.91 Å². The number of hydrogen-bond donors (Lipinski definition) is 1. The Labute approximate surface area is 148 Å². The molecule has 0 aromatic carbocycles. The van der Waals surface area contributed by atoms with Crippen LogP contribution in [0.5, 0.6) is 0 Å². The minimum atomic E-state index is -0.0750. The summed E-state index contributed by atoms with van der Waals surface area (Å²) in [6.45, 7) is 2.46. The molecule has 0 saturated heterocycles. The number of anilines is 1. The number of amides is 1. The molecule has 0 atom stereocenters. The minimum Gasteiger partial charge on any atom is -0.367 e. The van der Waals surface area contributed by atoms with Crippen LogP contribution in [0.4, 0.5) is 5.82 Å². The van der Waals surface area contributed by atoms with Crippen LogP contribution in [0.3, 0.4) is 0 Å². The maximum atomic E-state index is 12.7. The lowest BCUT2D eigenvalue weighted by molar-refractivity contribution is 0.0790. The lowest BCUT2D eigenvalue weighted by atomic mass is 10.2. The molecule has 6 heteroatoms. The summed E-state index contributed by atoms with van der Waals surface area (Å²) in [7, 11) is 1.81. The fraction of sp³-hybridized carbons (Fsp3) is 0.474. The topological polar surface area (TPSA) is 71.0 Å². The van der Waals surface area contributed by atoms with Gasteiger partial charge in [-0.1, -0.05) is 12.8 Å². The van der Waals surface area contributed by atoms with Crippen molar-refractivity contribution in [1.29, 1.82) is 0 Å². The third-order valence-corrected chi connectivity index (χ3v) is 4.60. The predicted molar refractivity (Wildman–Crippen MR) is 97.5 cm³/mol. The molecule has 0 unspecified atom stereocenters. The normalized spacial score (nSPS) is 14.5. The molecule has 3 rings (SSSR count). The Bertz CT molecular complexity index is 713. The van der Waals surface area contributed by atoms with E-state index in [4.69, 9.17) is 0 Å². The monoisotopic (exact) mass is 339 g/mol. The number of hydrogen-bond acceptors (Lipinski definition) is 5. The lowest BCUT2D eigenvalue weighted by Crippen LogP contribution is -2.30. The van der Waals surface area contributed by atoms with E-state index >= 15 is 0 Å². The van der Waals surface area contributed by atoms with Crippen LogP contribution in [0.2, 0.25) is 0 Å². The second-order valence-corrected chi connectivity index (χ2v) is 6.64. The zero-order valence-electron chi connectivity index (χ0n) is 14.9. The van der Waals surface area contributed by atoms with E-state index in [1.807, 2.05) is 26.1 Å². The van der Waals surface area contributed by atoms with Gasteiger partial charge in [0.25, 0.3) is 5.91 Å². The number of aryl methyl sites for hydroxylation is 1. The van der Waals surface area contributed by atoms with Gasteiger partial charge in [-0.05, 0) is 43.9 Å². The van der Waals surface area contributed by atoms with Crippen molar-refractivity contribution >= 4 is 11.7 Å². The Morgan fingerprint density at radius 2 is 1.96 bits per heavy atom. The smallest absolute Gasteiger partial charge is 0.272 e. The van der Waals surface area contributed by atoms with Gasteiger partial charge in [-0.25, -0.2) is 9.97 Å². The Balaban J connectivity index is 1.64. The molecule has 2 aromatic rings. The Morgan fingerprint density at radius 1 is 1.24 bits per heavy atom. The van der Waals surface area contributed by atoms with Gasteiger partial charge in [0.05, 0.1) is 0 Å². The molecule has 1 amide bonds. The highest BCUT2D eigenvalue weighted by Gasteiger charge is 2.18. The van der Waals surface area contributed by atoms with Gasteiger partial charge >= 0.3 is 0 Å². The molecule has 1 N–H and O–H groups in total. The van der Waals surface area contributed by atoms with Gasteiger partial charge in [0.1, 0.15) is 17.3 Å². The molecule has 2 aromatic heterocycles. The van der Waals surface area contributed by atoms with Crippen LogP contribution in [0, 0.1) is 6.92 Å². The predicted octanol–water partition coefficient (Wildman–Crippen LogP) is 2.85. The average molecular weight is 339 g/mol. The van der Waals surface area contributed by atoms with Crippen molar-refractivity contribution in [2.24, 2.45) is 0 Å². The fourth-order valence-electron chi connectivity index (χ4n) is 3.17. The summed E-state index contributed by atoms with van der Waals surface area (Å²) in [6.07, 6.45) is 9.17. The first-order valence-corrected chi connectivity index (χ1v) is 8.88. The van der Waals surface area contributed by atoms with Crippen LogP contribution in [0.15, 0.2) is 30.6 Å². The summed E-state index contributed by atoms with van der Waals surface area (Å²) in [6, 6.07) is 6.17. The van der Waals surface area contributed by atoms with E-state index in [9.17, 15) is 4.79 Å². The van der Waals surface area contributed by atoms with Gasteiger partial charge in [-0.15, -0.1) is 0 Å². The van der Waals surface area contributed by atoms with E-state index in [0.29, 0.717) is 24.1 Å². The number of carbonyl (C=O) groups is 1. The molecule has 1 fully saturated rings. The molecule has 1 aliphatic carbocycles. The second kappa shape index (κ2) is 8.05. The van der Waals surface area contributed by atoms with E-state index in [0.717, 1.165) is 30.6 Å². The number of rotatable bonds is 6. The molecule has 0 bridgehead atoms. The van der Waals surface area contributed by atoms with Crippen molar-refractivity contribution in [3.8, 4) is 0 Å². The van der Waals surface area contributed by atoms with Crippen molar-refractivity contribution in [2.75, 3.05) is 18.9 Å². The maximum absolute atomic E-state index is 12.7. The lowest BCUT2D eigenvalue weighted by Gasteiger charge is -2.18. The molecule has 25 heavy (non-hydrogen) atoms. The van der Waals surface area contributed by atoms with Gasteiger partial charge < -0.3 is 10.2 Å². The Hall–Kier alpha value is -2.50. The van der Waals surface area contributed by atoms with Crippen LogP contribution in [-0.2, 0) is 6.42 Å². The van der Waals surface area contributed by atoms with Crippen molar-refractivity contribution in [3.63, 3.8) is 0 Å². The summed E-state index contributed by atoms with van der Waals surface area (Å²) >= 11 is 0. The highest BCUT2D eigenvalue weighted by atomic mass is 16.2. The van der Waals surface area contributed by atoms with Crippen LogP contribution in [0.25, 0.3) is 0 Å². The van der Waals surface area contributed by atoms with Gasteiger partial charge in [-0.2, -0.15) is 0 Å². The van der Waals surface area contributed by atoms with Gasteiger partial charge in [0.2, 0.25) is 0 Å². The van der Waals surface area contributed by atoms with Crippen LogP contribution >= 0.6 is 0 Å². The van der Waals surface area contributed by atoms with E-state index in [1.165, 1.54) is 12.8 Å². The molecule has 0 aliphatic heterocycles. The van der Waals surface area contributed by atoms with Gasteiger partial charge in [0.15, 0.2) is 0 Å². The van der Waals surface area contributed by atoms with Crippen molar-refractivity contribution in [1.82, 2.24) is 19.9 Å². The number of likely N-dealkylation sites (N-methyl/N-ethyl adjacent to an activating group) is 1. The highest BCUT2D eigenvalue weighted by Crippen LogP contribution is 2.21. The molecular weight excluding hydrogens is 314 g/mol. The SMILES string of the molecule is Cc1nc(NC2CCCC2)cc(C(=O)N(C)CCc2ccncc2)n1. The molecular formula is C19H25N5O. The highest BCUT2D eigenvalue weighted by molar-refractivity contribution is 5.92. The second-order valence-electron chi connectivity index (χ2n) is 6.64.